The third-order valence-electron chi connectivity index (χ3n) is 4.60. The number of hydrogen-bond acceptors (Lipinski definition) is 4. The van der Waals surface area contributed by atoms with Crippen LogP contribution >= 0.6 is 0 Å². The number of benzene rings is 1. The SMILES string of the molecule is Cc1ccc(-n2nnc(C(=O)N3CC[C@H](O)C3)c2C2CC2)cc1. The second-order valence-corrected chi connectivity index (χ2v) is 6.54. The maximum absolute atomic E-state index is 12.7. The van der Waals surface area contributed by atoms with E-state index in [1.807, 2.05) is 31.2 Å². The quantitative estimate of drug-likeness (QED) is 0.935. The molecule has 1 aromatic heterocycles. The molecule has 1 atom stereocenters. The number of aryl methyl sites for hydroxylation is 1. The lowest BCUT2D eigenvalue weighted by Gasteiger charge is -2.15. The number of likely N-dealkylation sites (tertiary alicyclic amines) is 1. The van der Waals surface area contributed by atoms with Crippen LogP contribution in [-0.4, -0.2) is 50.1 Å². The Bertz CT molecular complexity index is 734. The Morgan fingerprint density at radius 2 is 1.96 bits per heavy atom. The van der Waals surface area contributed by atoms with Crippen LogP contribution in [0.15, 0.2) is 24.3 Å². The third-order valence-corrected chi connectivity index (χ3v) is 4.60. The lowest BCUT2D eigenvalue weighted by atomic mass is 10.2. The number of aromatic nitrogens is 3. The summed E-state index contributed by atoms with van der Waals surface area (Å²) in [7, 11) is 0. The first kappa shape index (κ1) is 14.4. The summed E-state index contributed by atoms with van der Waals surface area (Å²) in [5, 5.41) is 18.1. The molecule has 1 aliphatic heterocycles. The van der Waals surface area contributed by atoms with E-state index >= 15 is 0 Å². The number of amides is 1. The van der Waals surface area contributed by atoms with Crippen molar-refractivity contribution in [1.82, 2.24) is 19.9 Å². The number of aliphatic hydroxyl groups excluding tert-OH is 1. The van der Waals surface area contributed by atoms with E-state index in [1.165, 1.54) is 5.56 Å². The number of β-amino-alcohol motifs (C(OH)–C–C–N with tert-alkyl or cyclic N) is 1. The summed E-state index contributed by atoms with van der Waals surface area (Å²) in [6, 6.07) is 8.07. The Hall–Kier alpha value is -2.21. The average molecular weight is 312 g/mol. The van der Waals surface area contributed by atoms with Crippen LogP contribution in [0.1, 0.15) is 46.9 Å². The fourth-order valence-corrected chi connectivity index (χ4v) is 3.12. The van der Waals surface area contributed by atoms with Gasteiger partial charge in [0.25, 0.3) is 5.91 Å². The smallest absolute Gasteiger partial charge is 0.276 e. The Kier molecular flexibility index (Phi) is 3.41. The normalized spacial score (nSPS) is 21.0. The van der Waals surface area contributed by atoms with Gasteiger partial charge in [-0.05, 0) is 38.3 Å². The molecule has 1 aromatic carbocycles. The lowest BCUT2D eigenvalue weighted by molar-refractivity contribution is 0.0758. The van der Waals surface area contributed by atoms with Gasteiger partial charge in [-0.25, -0.2) is 4.68 Å². The monoisotopic (exact) mass is 312 g/mol. The van der Waals surface area contributed by atoms with Gasteiger partial charge in [0.05, 0.1) is 17.5 Å². The highest BCUT2D eigenvalue weighted by molar-refractivity contribution is 5.94. The molecule has 4 rings (SSSR count). The predicted octanol–water partition coefficient (Wildman–Crippen LogP) is 1.66. The van der Waals surface area contributed by atoms with Gasteiger partial charge in [0, 0.05) is 19.0 Å². The molecule has 2 fully saturated rings. The van der Waals surface area contributed by atoms with Crippen molar-refractivity contribution in [3.8, 4) is 5.69 Å². The average Bonchev–Trinajstić information content (AvgIpc) is 3.14. The molecule has 1 saturated heterocycles. The molecule has 2 heterocycles. The number of rotatable bonds is 3. The van der Waals surface area contributed by atoms with Gasteiger partial charge in [0.15, 0.2) is 5.69 Å². The molecule has 0 spiro atoms. The summed E-state index contributed by atoms with van der Waals surface area (Å²) >= 11 is 0. The van der Waals surface area contributed by atoms with E-state index < -0.39 is 6.10 Å². The largest absolute Gasteiger partial charge is 0.391 e. The fraction of sp³-hybridized carbons (Fsp3) is 0.471. The van der Waals surface area contributed by atoms with Crippen molar-refractivity contribution in [2.24, 2.45) is 0 Å². The van der Waals surface area contributed by atoms with Crippen molar-refractivity contribution in [2.75, 3.05) is 13.1 Å². The third kappa shape index (κ3) is 2.63. The molecule has 1 amide bonds. The summed E-state index contributed by atoms with van der Waals surface area (Å²) in [5.41, 5.74) is 3.48. The molecule has 0 bridgehead atoms. The van der Waals surface area contributed by atoms with Crippen LogP contribution in [0.25, 0.3) is 5.69 Å². The van der Waals surface area contributed by atoms with Crippen LogP contribution < -0.4 is 0 Å². The molecule has 23 heavy (non-hydrogen) atoms. The molecule has 1 N–H and O–H groups in total. The highest BCUT2D eigenvalue weighted by Gasteiger charge is 2.37. The van der Waals surface area contributed by atoms with E-state index in [0.29, 0.717) is 31.1 Å². The minimum Gasteiger partial charge on any atom is -0.391 e. The number of carbonyl (C=O) groups is 1. The summed E-state index contributed by atoms with van der Waals surface area (Å²) < 4.78 is 1.80. The highest BCUT2D eigenvalue weighted by atomic mass is 16.3. The van der Waals surface area contributed by atoms with Crippen LogP contribution in [0, 0.1) is 6.92 Å². The molecular weight excluding hydrogens is 292 g/mol. The summed E-state index contributed by atoms with van der Waals surface area (Å²) in [5.74, 6) is 0.250. The molecule has 6 heteroatoms. The molecule has 2 aromatic rings. The van der Waals surface area contributed by atoms with E-state index in [2.05, 4.69) is 10.3 Å². The second-order valence-electron chi connectivity index (χ2n) is 6.54. The summed E-state index contributed by atoms with van der Waals surface area (Å²) in [6.07, 6.45) is 2.36. The van der Waals surface area contributed by atoms with Gasteiger partial charge >= 0.3 is 0 Å². The van der Waals surface area contributed by atoms with Crippen molar-refractivity contribution in [3.05, 3.63) is 41.2 Å². The Morgan fingerprint density at radius 3 is 2.57 bits per heavy atom. The zero-order valence-corrected chi connectivity index (χ0v) is 13.1. The molecule has 0 unspecified atom stereocenters. The van der Waals surface area contributed by atoms with E-state index in [9.17, 15) is 9.90 Å². The maximum atomic E-state index is 12.7. The van der Waals surface area contributed by atoms with Crippen molar-refractivity contribution < 1.29 is 9.90 Å². The predicted molar refractivity (Wildman–Crippen MR) is 84.6 cm³/mol. The van der Waals surface area contributed by atoms with Gasteiger partial charge in [0.1, 0.15) is 0 Å². The molecule has 1 aliphatic carbocycles. The topological polar surface area (TPSA) is 71.2 Å². The zero-order chi connectivity index (χ0) is 16.0. The molecular formula is C17H20N4O2. The first-order chi connectivity index (χ1) is 11.1. The molecule has 0 radical (unpaired) electrons. The van der Waals surface area contributed by atoms with E-state index in [-0.39, 0.29) is 5.91 Å². The molecule has 1 saturated carbocycles. The van der Waals surface area contributed by atoms with Gasteiger partial charge in [-0.15, -0.1) is 5.10 Å². The number of nitrogens with zero attached hydrogens (tertiary/aromatic N) is 4. The van der Waals surface area contributed by atoms with Gasteiger partial charge in [-0.3, -0.25) is 4.79 Å². The van der Waals surface area contributed by atoms with E-state index in [1.54, 1.807) is 9.58 Å². The first-order valence-electron chi connectivity index (χ1n) is 8.13. The van der Waals surface area contributed by atoms with Crippen LogP contribution in [0.3, 0.4) is 0 Å². The highest BCUT2D eigenvalue weighted by Crippen LogP contribution is 2.42. The van der Waals surface area contributed by atoms with E-state index in [0.717, 1.165) is 24.2 Å². The Balaban J connectivity index is 1.71. The number of carbonyl (C=O) groups excluding carboxylic acids is 1. The summed E-state index contributed by atoms with van der Waals surface area (Å²) in [6.45, 7) is 3.02. The zero-order valence-electron chi connectivity index (χ0n) is 13.1. The number of aliphatic hydroxyl groups is 1. The van der Waals surface area contributed by atoms with Crippen molar-refractivity contribution in [1.29, 1.82) is 0 Å². The van der Waals surface area contributed by atoms with Crippen LogP contribution in [0.4, 0.5) is 0 Å². The van der Waals surface area contributed by atoms with Gasteiger partial charge in [-0.1, -0.05) is 22.9 Å². The van der Waals surface area contributed by atoms with Gasteiger partial charge < -0.3 is 10.0 Å². The van der Waals surface area contributed by atoms with Crippen LogP contribution in [0.2, 0.25) is 0 Å². The Labute approximate surface area is 134 Å². The maximum Gasteiger partial charge on any atom is 0.276 e. The Morgan fingerprint density at radius 1 is 1.22 bits per heavy atom. The fourth-order valence-electron chi connectivity index (χ4n) is 3.12. The van der Waals surface area contributed by atoms with Crippen molar-refractivity contribution in [2.45, 2.75) is 38.2 Å². The lowest BCUT2D eigenvalue weighted by Crippen LogP contribution is -2.30. The van der Waals surface area contributed by atoms with Crippen LogP contribution in [0.5, 0.6) is 0 Å². The summed E-state index contributed by atoms with van der Waals surface area (Å²) in [4.78, 5) is 14.4. The van der Waals surface area contributed by atoms with Crippen LogP contribution in [-0.2, 0) is 0 Å². The van der Waals surface area contributed by atoms with Gasteiger partial charge in [-0.2, -0.15) is 0 Å². The first-order valence-corrected chi connectivity index (χ1v) is 8.13. The van der Waals surface area contributed by atoms with Crippen molar-refractivity contribution >= 4 is 5.91 Å². The minimum atomic E-state index is -0.421. The molecule has 120 valence electrons. The van der Waals surface area contributed by atoms with Gasteiger partial charge in [0.2, 0.25) is 0 Å². The van der Waals surface area contributed by atoms with E-state index in [4.69, 9.17) is 0 Å². The number of hydrogen-bond donors (Lipinski definition) is 1. The standard InChI is InChI=1S/C17H20N4O2/c1-11-2-6-13(7-3-11)21-16(12-4-5-12)15(18-19-21)17(23)20-9-8-14(22)10-20/h2-3,6-7,12,14,22H,4-5,8-10H2,1H3/t14-/m0/s1. The van der Waals surface area contributed by atoms with Crippen molar-refractivity contribution in [3.63, 3.8) is 0 Å². The second kappa shape index (κ2) is 5.45. The molecule has 6 nitrogen and oxygen atoms in total. The molecule has 2 aliphatic rings. The minimum absolute atomic E-state index is 0.109.